The van der Waals surface area contributed by atoms with E-state index in [2.05, 4.69) is 15.2 Å². The van der Waals surface area contributed by atoms with Gasteiger partial charge in [-0.25, -0.2) is 22.2 Å². The molecular weight excluding hydrogens is 532 g/mol. The minimum atomic E-state index is -3.36. The molecule has 192 valence electrons. The molecule has 6 rings (SSSR count). The third kappa shape index (κ3) is 3.89. The Balaban J connectivity index is 1.48. The largest absolute Gasteiger partial charge is 0.355 e. The van der Waals surface area contributed by atoms with E-state index in [4.69, 9.17) is 11.6 Å². The second kappa shape index (κ2) is 8.81. The molecule has 2 aromatic rings. The highest BCUT2D eigenvalue weighted by molar-refractivity contribution is 7.99. The zero-order valence-electron chi connectivity index (χ0n) is 19.3. The Morgan fingerprint density at radius 3 is 2.72 bits per heavy atom. The van der Waals surface area contributed by atoms with Crippen molar-refractivity contribution in [2.24, 2.45) is 4.99 Å². The van der Waals surface area contributed by atoms with Crippen molar-refractivity contribution in [2.45, 2.75) is 23.3 Å². The molecule has 0 bridgehead atoms. The second-order valence-corrected chi connectivity index (χ2v) is 12.8. The summed E-state index contributed by atoms with van der Waals surface area (Å²) in [6.07, 6.45) is 0.0507. The normalized spacial score (nSPS) is 26.0. The van der Waals surface area contributed by atoms with Gasteiger partial charge in [0.2, 0.25) is 16.4 Å². The van der Waals surface area contributed by atoms with E-state index in [9.17, 15) is 22.3 Å². The Bertz CT molecular complexity index is 1390. The van der Waals surface area contributed by atoms with E-state index in [1.165, 1.54) is 34.5 Å². The molecule has 2 fully saturated rings. The topological polar surface area (TPSA) is 88.5 Å². The average molecular weight is 556 g/mol. The molecule has 8 nitrogen and oxygen atoms in total. The van der Waals surface area contributed by atoms with E-state index < -0.39 is 28.0 Å². The van der Waals surface area contributed by atoms with Crippen LogP contribution in [0.3, 0.4) is 0 Å². The second-order valence-electron chi connectivity index (χ2n) is 9.33. The summed E-state index contributed by atoms with van der Waals surface area (Å²) >= 11 is 8.28. The number of benzene rings is 2. The number of aliphatic hydroxyl groups is 1. The minimum absolute atomic E-state index is 0.0837. The van der Waals surface area contributed by atoms with Crippen LogP contribution in [0.1, 0.15) is 5.56 Å². The highest BCUT2D eigenvalue weighted by atomic mass is 35.5. The highest BCUT2D eigenvalue weighted by Gasteiger charge is 2.45. The maximum Gasteiger partial charge on any atom is 0.227 e. The smallest absolute Gasteiger partial charge is 0.227 e. The van der Waals surface area contributed by atoms with Crippen LogP contribution in [0, 0.1) is 11.6 Å². The molecule has 36 heavy (non-hydrogen) atoms. The summed E-state index contributed by atoms with van der Waals surface area (Å²) in [5.41, 5.74) is 2.06. The average Bonchev–Trinajstić information content (AvgIpc) is 3.27. The molecule has 0 amide bonds. The molecule has 2 N–H and O–H groups in total. The van der Waals surface area contributed by atoms with Gasteiger partial charge < -0.3 is 20.2 Å². The standard InChI is InChI=1S/C23H24ClF2N5O3S2/c1-36(33,34)29-10-17-18(11-29)30(5-4-27-17)22-14-9-15(24)19(13-3-2-12(25)8-16(13)26)21-20(14)31(6-7-35-21)23(32)28-22/h2-3,8-9,17-18,23,27,32H,4-7,10-11H2,1H3/t17-,18+,23?/m0/s1. The van der Waals surface area contributed by atoms with Crippen LogP contribution in [0.15, 0.2) is 34.2 Å². The molecule has 2 aromatic carbocycles. The van der Waals surface area contributed by atoms with Gasteiger partial charge in [-0.3, -0.25) is 0 Å². The molecule has 13 heteroatoms. The Labute approximate surface area is 217 Å². The van der Waals surface area contributed by atoms with Gasteiger partial charge in [0, 0.05) is 72.2 Å². The molecule has 3 atom stereocenters. The molecule has 2 saturated heterocycles. The summed E-state index contributed by atoms with van der Waals surface area (Å²) < 4.78 is 54.4. The molecule has 4 heterocycles. The van der Waals surface area contributed by atoms with Crippen LogP contribution in [-0.4, -0.2) is 91.7 Å². The van der Waals surface area contributed by atoms with Crippen LogP contribution in [-0.2, 0) is 10.0 Å². The molecule has 1 unspecified atom stereocenters. The predicted molar refractivity (Wildman–Crippen MR) is 136 cm³/mol. The maximum absolute atomic E-state index is 14.8. The lowest BCUT2D eigenvalue weighted by Crippen LogP contribution is -2.60. The quantitative estimate of drug-likeness (QED) is 0.587. The summed E-state index contributed by atoms with van der Waals surface area (Å²) in [5.74, 6) is -0.220. The van der Waals surface area contributed by atoms with Crippen molar-refractivity contribution < 1.29 is 22.3 Å². The van der Waals surface area contributed by atoms with Crippen molar-refractivity contribution in [3.05, 3.63) is 46.5 Å². The fourth-order valence-corrected chi connectivity index (χ4v) is 8.00. The zero-order chi connectivity index (χ0) is 25.4. The third-order valence-electron chi connectivity index (χ3n) is 7.19. The molecule has 0 aliphatic carbocycles. The van der Waals surface area contributed by atoms with Gasteiger partial charge in [0.05, 0.1) is 23.0 Å². The van der Waals surface area contributed by atoms with Crippen molar-refractivity contribution in [3.8, 4) is 11.1 Å². The van der Waals surface area contributed by atoms with Crippen LogP contribution < -0.4 is 10.2 Å². The number of nitrogens with zero attached hydrogens (tertiary/aromatic N) is 4. The monoisotopic (exact) mass is 555 g/mol. The number of aliphatic hydroxyl groups excluding tert-OH is 1. The predicted octanol–water partition coefficient (Wildman–Crippen LogP) is 2.15. The zero-order valence-corrected chi connectivity index (χ0v) is 21.7. The number of amidine groups is 1. The first-order chi connectivity index (χ1) is 17.1. The highest BCUT2D eigenvalue weighted by Crippen LogP contribution is 2.50. The molecule has 0 spiro atoms. The number of aliphatic imine (C=N–C) groups is 1. The molecule has 0 radical (unpaired) electrons. The first kappa shape index (κ1) is 24.4. The van der Waals surface area contributed by atoms with E-state index in [1.807, 2.05) is 0 Å². The van der Waals surface area contributed by atoms with Crippen molar-refractivity contribution in [2.75, 3.05) is 49.6 Å². The van der Waals surface area contributed by atoms with Gasteiger partial charge in [-0.2, -0.15) is 4.31 Å². The fourth-order valence-electron chi connectivity index (χ4n) is 5.56. The molecular formula is C23H24ClF2N5O3S2. The molecule has 4 aliphatic rings. The fraction of sp³-hybridized carbons (Fsp3) is 0.435. The van der Waals surface area contributed by atoms with Gasteiger partial charge >= 0.3 is 0 Å². The van der Waals surface area contributed by atoms with Gasteiger partial charge in [0.1, 0.15) is 17.5 Å². The van der Waals surface area contributed by atoms with E-state index in [1.54, 1.807) is 11.0 Å². The summed E-state index contributed by atoms with van der Waals surface area (Å²) in [6, 6.07) is 4.87. The number of rotatable bonds is 2. The summed E-state index contributed by atoms with van der Waals surface area (Å²) in [4.78, 5) is 9.16. The van der Waals surface area contributed by atoms with Crippen LogP contribution in [0.4, 0.5) is 14.5 Å². The van der Waals surface area contributed by atoms with Crippen molar-refractivity contribution in [3.63, 3.8) is 0 Å². The van der Waals surface area contributed by atoms with E-state index in [-0.39, 0.29) is 17.6 Å². The van der Waals surface area contributed by atoms with E-state index >= 15 is 0 Å². The van der Waals surface area contributed by atoms with Gasteiger partial charge in [-0.15, -0.1) is 11.8 Å². The number of sulfonamides is 1. The lowest BCUT2D eigenvalue weighted by molar-refractivity contribution is 0.169. The number of halogens is 3. The van der Waals surface area contributed by atoms with Crippen molar-refractivity contribution >= 4 is 44.9 Å². The molecule has 0 saturated carbocycles. The Hall–Kier alpha value is -1.96. The van der Waals surface area contributed by atoms with Crippen LogP contribution >= 0.6 is 23.4 Å². The van der Waals surface area contributed by atoms with E-state index in [0.717, 1.165) is 6.07 Å². The summed E-state index contributed by atoms with van der Waals surface area (Å²) in [5, 5.41) is 14.7. The van der Waals surface area contributed by atoms with E-state index in [0.29, 0.717) is 71.0 Å². The number of anilines is 1. The van der Waals surface area contributed by atoms with Gasteiger partial charge in [0.25, 0.3) is 0 Å². The number of thioether (sulfide) groups is 1. The lowest BCUT2D eigenvalue weighted by atomic mass is 9.97. The maximum atomic E-state index is 14.8. The number of fused-ring (bicyclic) bond motifs is 1. The van der Waals surface area contributed by atoms with Crippen molar-refractivity contribution in [1.82, 2.24) is 14.5 Å². The minimum Gasteiger partial charge on any atom is -0.355 e. The Morgan fingerprint density at radius 1 is 1.17 bits per heavy atom. The summed E-state index contributed by atoms with van der Waals surface area (Å²) in [7, 11) is -3.36. The first-order valence-corrected chi connectivity index (χ1v) is 14.8. The Morgan fingerprint density at radius 2 is 1.97 bits per heavy atom. The van der Waals surface area contributed by atoms with Crippen LogP contribution in [0.2, 0.25) is 5.02 Å². The molecule has 0 aromatic heterocycles. The van der Waals surface area contributed by atoms with Gasteiger partial charge in [-0.05, 0) is 18.2 Å². The first-order valence-electron chi connectivity index (χ1n) is 11.6. The Kier molecular flexibility index (Phi) is 5.97. The van der Waals surface area contributed by atoms with Crippen LogP contribution in [0.25, 0.3) is 11.1 Å². The van der Waals surface area contributed by atoms with Gasteiger partial charge in [0.15, 0.2) is 0 Å². The van der Waals surface area contributed by atoms with Crippen molar-refractivity contribution in [1.29, 1.82) is 0 Å². The third-order valence-corrected chi connectivity index (χ3v) is 9.79. The van der Waals surface area contributed by atoms with Gasteiger partial charge in [-0.1, -0.05) is 11.6 Å². The SMILES string of the molecule is CS(=O)(=O)N1C[C@@H]2NCCN(C3=NC(O)N4CCSc5c(-c6ccc(F)cc6F)c(Cl)cc3c54)[C@@H]2C1. The lowest BCUT2D eigenvalue weighted by Gasteiger charge is -2.45. The number of piperazine rings is 1. The molecule has 4 aliphatic heterocycles. The number of hydrogen-bond acceptors (Lipinski definition) is 8. The number of hydrogen-bond donors (Lipinski definition) is 2. The van der Waals surface area contributed by atoms with Crippen LogP contribution in [0.5, 0.6) is 0 Å². The number of nitrogens with one attached hydrogen (secondary N) is 1. The summed E-state index contributed by atoms with van der Waals surface area (Å²) in [6.45, 7) is 2.39.